The SMILES string of the molecule is CCCCC/C=C\C/C=C\CCCCCCCC(=O)OCCCCCCCCCCCCCCCCCCCCCCCCCC. The minimum absolute atomic E-state index is 0.0137. The lowest BCUT2D eigenvalue weighted by molar-refractivity contribution is -0.143. The first-order valence-corrected chi connectivity index (χ1v) is 21.3. The summed E-state index contributed by atoms with van der Waals surface area (Å²) in [5, 5.41) is 0. The van der Waals surface area contributed by atoms with E-state index in [1.165, 1.54) is 199 Å². The number of esters is 1. The van der Waals surface area contributed by atoms with Crippen LogP contribution in [-0.4, -0.2) is 12.6 Å². The summed E-state index contributed by atoms with van der Waals surface area (Å²) in [6.45, 7) is 5.18. The van der Waals surface area contributed by atoms with Crippen LogP contribution in [-0.2, 0) is 9.53 Å². The van der Waals surface area contributed by atoms with E-state index in [0.29, 0.717) is 13.0 Å². The van der Waals surface area contributed by atoms with Gasteiger partial charge in [-0.25, -0.2) is 0 Å². The molecule has 2 nitrogen and oxygen atoms in total. The Bertz CT molecular complexity index is 621. The molecule has 0 amide bonds. The molecular weight excluding hydrogens is 560 g/mol. The Morgan fingerprint density at radius 3 is 1.09 bits per heavy atom. The number of ether oxygens (including phenoxy) is 1. The van der Waals surface area contributed by atoms with E-state index in [1.54, 1.807) is 0 Å². The predicted molar refractivity (Wildman–Crippen MR) is 207 cm³/mol. The van der Waals surface area contributed by atoms with Gasteiger partial charge in [0.05, 0.1) is 6.61 Å². The number of carbonyl (C=O) groups excluding carboxylic acids is 1. The summed E-state index contributed by atoms with van der Waals surface area (Å²) >= 11 is 0. The maximum atomic E-state index is 12.0. The third-order valence-electron chi connectivity index (χ3n) is 9.59. The Morgan fingerprint density at radius 2 is 0.674 bits per heavy atom. The van der Waals surface area contributed by atoms with Crippen molar-refractivity contribution in [3.05, 3.63) is 24.3 Å². The maximum Gasteiger partial charge on any atom is 0.305 e. The first kappa shape index (κ1) is 45.0. The summed E-state index contributed by atoms with van der Waals surface area (Å²) in [4.78, 5) is 12.0. The van der Waals surface area contributed by atoms with Crippen molar-refractivity contribution in [2.24, 2.45) is 0 Å². The Labute approximate surface area is 290 Å². The highest BCUT2D eigenvalue weighted by atomic mass is 16.5. The van der Waals surface area contributed by atoms with Crippen LogP contribution in [0, 0.1) is 0 Å². The summed E-state index contributed by atoms with van der Waals surface area (Å²) in [5.74, 6) is 0.0137. The van der Waals surface area contributed by atoms with Gasteiger partial charge in [0.25, 0.3) is 0 Å². The molecule has 272 valence electrons. The molecule has 0 heterocycles. The maximum absolute atomic E-state index is 12.0. The van der Waals surface area contributed by atoms with E-state index in [9.17, 15) is 4.79 Å². The van der Waals surface area contributed by atoms with Gasteiger partial charge in [-0.15, -0.1) is 0 Å². The minimum Gasteiger partial charge on any atom is -0.466 e. The normalized spacial score (nSPS) is 11.8. The van der Waals surface area contributed by atoms with Crippen LogP contribution in [0.2, 0.25) is 0 Å². The van der Waals surface area contributed by atoms with Gasteiger partial charge >= 0.3 is 5.97 Å². The van der Waals surface area contributed by atoms with Crippen LogP contribution in [0.25, 0.3) is 0 Å². The molecule has 0 spiro atoms. The highest BCUT2D eigenvalue weighted by molar-refractivity contribution is 5.69. The lowest BCUT2D eigenvalue weighted by Gasteiger charge is -2.06. The molecule has 0 aromatic carbocycles. The van der Waals surface area contributed by atoms with Crippen molar-refractivity contribution in [2.45, 2.75) is 245 Å². The van der Waals surface area contributed by atoms with Crippen molar-refractivity contribution >= 4 is 5.97 Å². The summed E-state index contributed by atoms with van der Waals surface area (Å²) in [5.41, 5.74) is 0. The zero-order chi connectivity index (χ0) is 33.3. The first-order chi connectivity index (χ1) is 22.8. The average molecular weight is 645 g/mol. The fourth-order valence-corrected chi connectivity index (χ4v) is 6.40. The zero-order valence-corrected chi connectivity index (χ0v) is 31.8. The third kappa shape index (κ3) is 41.0. The lowest BCUT2D eigenvalue weighted by atomic mass is 10.0. The molecule has 0 rings (SSSR count). The monoisotopic (exact) mass is 645 g/mol. The van der Waals surface area contributed by atoms with Gasteiger partial charge in [-0.2, -0.15) is 0 Å². The third-order valence-corrected chi connectivity index (χ3v) is 9.59. The topological polar surface area (TPSA) is 26.3 Å². The van der Waals surface area contributed by atoms with Crippen molar-refractivity contribution < 1.29 is 9.53 Å². The predicted octanol–water partition coefficient (Wildman–Crippen LogP) is 15.7. The molecule has 0 saturated heterocycles. The zero-order valence-electron chi connectivity index (χ0n) is 31.8. The van der Waals surface area contributed by atoms with Crippen LogP contribution < -0.4 is 0 Å². The molecule has 0 saturated carbocycles. The minimum atomic E-state index is 0.0137. The Balaban J connectivity index is 3.18. The van der Waals surface area contributed by atoms with Crippen molar-refractivity contribution in [3.8, 4) is 0 Å². The molecule has 2 heteroatoms. The van der Waals surface area contributed by atoms with E-state index >= 15 is 0 Å². The van der Waals surface area contributed by atoms with Crippen molar-refractivity contribution in [1.82, 2.24) is 0 Å². The smallest absolute Gasteiger partial charge is 0.305 e. The second-order valence-corrected chi connectivity index (χ2v) is 14.3. The van der Waals surface area contributed by atoms with Gasteiger partial charge in [0.2, 0.25) is 0 Å². The second-order valence-electron chi connectivity index (χ2n) is 14.3. The van der Waals surface area contributed by atoms with Crippen molar-refractivity contribution in [2.75, 3.05) is 6.61 Å². The quantitative estimate of drug-likeness (QED) is 0.0378. The molecule has 0 N–H and O–H groups in total. The fourth-order valence-electron chi connectivity index (χ4n) is 6.40. The largest absolute Gasteiger partial charge is 0.466 e. The molecule has 46 heavy (non-hydrogen) atoms. The Hall–Kier alpha value is -1.05. The van der Waals surface area contributed by atoms with Gasteiger partial charge in [0, 0.05) is 6.42 Å². The van der Waals surface area contributed by atoms with Gasteiger partial charge in [0.1, 0.15) is 0 Å². The summed E-state index contributed by atoms with van der Waals surface area (Å²) in [6, 6.07) is 0. The molecule has 0 aromatic heterocycles. The molecule has 0 unspecified atom stereocenters. The van der Waals surface area contributed by atoms with E-state index < -0.39 is 0 Å². The van der Waals surface area contributed by atoms with E-state index in [2.05, 4.69) is 38.2 Å². The second kappa shape index (κ2) is 42.0. The summed E-state index contributed by atoms with van der Waals surface area (Å²) in [7, 11) is 0. The van der Waals surface area contributed by atoms with Gasteiger partial charge in [-0.05, 0) is 44.9 Å². The number of rotatable bonds is 39. The molecule has 0 radical (unpaired) electrons. The van der Waals surface area contributed by atoms with Gasteiger partial charge in [0.15, 0.2) is 0 Å². The summed E-state index contributed by atoms with van der Waals surface area (Å²) in [6.07, 6.45) is 57.0. The lowest BCUT2D eigenvalue weighted by Crippen LogP contribution is -2.05. The molecule has 0 aromatic rings. The molecule has 0 aliphatic rings. The van der Waals surface area contributed by atoms with Crippen molar-refractivity contribution in [3.63, 3.8) is 0 Å². The fraction of sp³-hybridized carbons (Fsp3) is 0.886. The van der Waals surface area contributed by atoms with Crippen LogP contribution in [0.4, 0.5) is 0 Å². The Morgan fingerprint density at radius 1 is 0.370 bits per heavy atom. The molecule has 0 fully saturated rings. The number of hydrogen-bond acceptors (Lipinski definition) is 2. The number of unbranched alkanes of at least 4 members (excludes halogenated alkanes) is 31. The molecule has 0 bridgehead atoms. The standard InChI is InChI=1S/C44H84O2/c1-3-5-7-9-11-13-15-17-19-20-21-22-23-24-25-26-27-29-31-33-35-37-39-41-43-46-44(45)42-40-38-36-34-32-30-28-18-16-14-12-10-8-6-4-2/h12,14,18,28H,3-11,13,15-17,19-27,29-43H2,1-2H3/b14-12-,28-18-. The first-order valence-electron chi connectivity index (χ1n) is 21.3. The summed E-state index contributed by atoms with van der Waals surface area (Å²) < 4.78 is 5.46. The van der Waals surface area contributed by atoms with Crippen LogP contribution >= 0.6 is 0 Å². The molecule has 0 aliphatic heterocycles. The van der Waals surface area contributed by atoms with E-state index in [0.717, 1.165) is 25.7 Å². The number of hydrogen-bond donors (Lipinski definition) is 0. The van der Waals surface area contributed by atoms with E-state index in [1.807, 2.05) is 0 Å². The number of allylic oxidation sites excluding steroid dienone is 4. The van der Waals surface area contributed by atoms with Crippen molar-refractivity contribution in [1.29, 1.82) is 0 Å². The van der Waals surface area contributed by atoms with Crippen LogP contribution in [0.1, 0.15) is 245 Å². The van der Waals surface area contributed by atoms with Gasteiger partial charge in [-0.3, -0.25) is 4.79 Å². The molecular formula is C44H84O2. The molecule has 0 atom stereocenters. The van der Waals surface area contributed by atoms with E-state index in [-0.39, 0.29) is 5.97 Å². The highest BCUT2D eigenvalue weighted by Crippen LogP contribution is 2.16. The van der Waals surface area contributed by atoms with E-state index in [4.69, 9.17) is 4.74 Å². The Kier molecular flexibility index (Phi) is 41.0. The highest BCUT2D eigenvalue weighted by Gasteiger charge is 2.02. The van der Waals surface area contributed by atoms with Gasteiger partial charge in [-0.1, -0.05) is 218 Å². The van der Waals surface area contributed by atoms with Crippen LogP contribution in [0.15, 0.2) is 24.3 Å². The van der Waals surface area contributed by atoms with Crippen LogP contribution in [0.5, 0.6) is 0 Å². The average Bonchev–Trinajstić information content (AvgIpc) is 3.06. The van der Waals surface area contributed by atoms with Gasteiger partial charge < -0.3 is 4.74 Å². The molecule has 0 aliphatic carbocycles. The van der Waals surface area contributed by atoms with Crippen LogP contribution in [0.3, 0.4) is 0 Å². The number of carbonyl (C=O) groups is 1.